The van der Waals surface area contributed by atoms with Crippen LogP contribution >= 0.6 is 0 Å². The molecule has 0 saturated heterocycles. The molecule has 6 nitrogen and oxygen atoms in total. The highest BCUT2D eigenvalue weighted by Gasteiger charge is 2.20. The number of nitrogens with zero attached hydrogens (tertiary/aromatic N) is 6. The number of hydrogen-bond acceptors (Lipinski definition) is 6. The highest BCUT2D eigenvalue weighted by molar-refractivity contribution is 5.98. The van der Waals surface area contributed by atoms with Gasteiger partial charge in [-0.2, -0.15) is 5.26 Å². The van der Waals surface area contributed by atoms with Crippen LogP contribution in [0.1, 0.15) is 5.56 Å². The largest absolute Gasteiger partial charge is 0.228 e. The van der Waals surface area contributed by atoms with E-state index < -0.39 is 0 Å². The van der Waals surface area contributed by atoms with Gasteiger partial charge in [0.15, 0.2) is 23.3 Å². The van der Waals surface area contributed by atoms with Crippen molar-refractivity contribution in [2.75, 3.05) is 0 Å². The fraction of sp³-hybridized carbons (Fsp3) is 0. The molecular formula is C54H34N6. The van der Waals surface area contributed by atoms with Gasteiger partial charge in [0.05, 0.1) is 23.0 Å². The zero-order valence-electron chi connectivity index (χ0n) is 32.3. The van der Waals surface area contributed by atoms with Gasteiger partial charge in [-0.1, -0.05) is 182 Å². The normalized spacial score (nSPS) is 11.0. The van der Waals surface area contributed by atoms with E-state index in [2.05, 4.69) is 97.1 Å². The van der Waals surface area contributed by atoms with Crippen molar-refractivity contribution in [3.05, 3.63) is 212 Å². The molecule has 6 heteroatoms. The van der Waals surface area contributed by atoms with Gasteiger partial charge in [-0.25, -0.2) is 24.9 Å². The lowest BCUT2D eigenvalue weighted by Gasteiger charge is -2.17. The molecule has 0 aliphatic rings. The molecule has 10 rings (SSSR count). The average molecular weight is 767 g/mol. The van der Waals surface area contributed by atoms with E-state index in [0.717, 1.165) is 77.8 Å². The van der Waals surface area contributed by atoms with E-state index >= 15 is 0 Å². The minimum Gasteiger partial charge on any atom is -0.228 e. The zero-order chi connectivity index (χ0) is 40.3. The molecule has 0 fully saturated rings. The SMILES string of the molecule is N#Cc1ccc(-c2cc(-c3nc(-c4ccccc4)nc(-c4ccccc4)n3)ccc2-c2ccccc2-c2cc(-c3cccc4ccccc34)nc(-c3ccccc3)n2)cc1. The van der Waals surface area contributed by atoms with Gasteiger partial charge in [0, 0.05) is 33.4 Å². The van der Waals surface area contributed by atoms with E-state index in [1.807, 2.05) is 115 Å². The average Bonchev–Trinajstić information content (AvgIpc) is 3.34. The summed E-state index contributed by atoms with van der Waals surface area (Å²) in [6.07, 6.45) is 0. The van der Waals surface area contributed by atoms with E-state index in [4.69, 9.17) is 24.9 Å². The second kappa shape index (κ2) is 15.9. The van der Waals surface area contributed by atoms with Crippen LogP contribution in [-0.4, -0.2) is 24.9 Å². The predicted molar refractivity (Wildman–Crippen MR) is 241 cm³/mol. The number of hydrogen-bond donors (Lipinski definition) is 0. The van der Waals surface area contributed by atoms with Crippen molar-refractivity contribution < 1.29 is 0 Å². The topological polar surface area (TPSA) is 88.2 Å². The molecule has 0 bridgehead atoms. The molecule has 0 atom stereocenters. The molecule has 0 spiro atoms. The second-order valence-electron chi connectivity index (χ2n) is 14.4. The number of benzene rings is 8. The maximum atomic E-state index is 9.71. The van der Waals surface area contributed by atoms with Crippen LogP contribution in [0.2, 0.25) is 0 Å². The van der Waals surface area contributed by atoms with Crippen LogP contribution in [0, 0.1) is 11.3 Å². The minimum absolute atomic E-state index is 0.556. The monoisotopic (exact) mass is 766 g/mol. The van der Waals surface area contributed by atoms with Crippen LogP contribution in [0.15, 0.2) is 206 Å². The summed E-state index contributed by atoms with van der Waals surface area (Å²) in [6, 6.07) is 71.7. The Labute approximate surface area is 347 Å². The Hall–Kier alpha value is -8.40. The maximum Gasteiger partial charge on any atom is 0.164 e. The maximum absolute atomic E-state index is 9.71. The first kappa shape index (κ1) is 36.0. The number of rotatable bonds is 8. The Morgan fingerprint density at radius 1 is 0.300 bits per heavy atom. The lowest BCUT2D eigenvalue weighted by Crippen LogP contribution is -2.01. The van der Waals surface area contributed by atoms with Crippen molar-refractivity contribution in [3.63, 3.8) is 0 Å². The van der Waals surface area contributed by atoms with E-state index in [1.165, 1.54) is 0 Å². The van der Waals surface area contributed by atoms with Gasteiger partial charge < -0.3 is 0 Å². The standard InChI is InChI=1S/C54H34N6/c55-35-36-27-29-38(30-28-36)48-33-42(54-59-52(40-18-6-2-7-19-40)58-53(60-54)41-20-8-3-9-21-41)31-32-45(48)44-24-12-13-25-47(44)50-34-49(56-51(57-50)39-16-4-1-5-17-39)46-26-14-22-37-15-10-11-23-43(37)46/h1-34H. The third-order valence-corrected chi connectivity index (χ3v) is 10.6. The van der Waals surface area contributed by atoms with Crippen molar-refractivity contribution in [2.45, 2.75) is 0 Å². The molecule has 0 N–H and O–H groups in total. The summed E-state index contributed by atoms with van der Waals surface area (Å²) in [7, 11) is 0. The molecular weight excluding hydrogens is 733 g/mol. The Morgan fingerprint density at radius 2 is 0.750 bits per heavy atom. The summed E-state index contributed by atoms with van der Waals surface area (Å²) < 4.78 is 0. The zero-order valence-corrected chi connectivity index (χ0v) is 32.3. The van der Waals surface area contributed by atoms with Gasteiger partial charge in [0.1, 0.15) is 0 Å². The van der Waals surface area contributed by atoms with Gasteiger partial charge in [-0.05, 0) is 57.3 Å². The fourth-order valence-electron chi connectivity index (χ4n) is 7.65. The molecule has 2 aromatic heterocycles. The van der Waals surface area contributed by atoms with E-state index in [9.17, 15) is 5.26 Å². The molecule has 280 valence electrons. The Morgan fingerprint density at radius 3 is 1.37 bits per heavy atom. The summed E-state index contributed by atoms with van der Waals surface area (Å²) in [4.78, 5) is 25.4. The molecule has 10 aromatic rings. The van der Waals surface area contributed by atoms with Crippen LogP contribution in [0.25, 0.3) is 101 Å². The molecule has 0 amide bonds. The Bertz CT molecular complexity index is 3130. The molecule has 60 heavy (non-hydrogen) atoms. The van der Waals surface area contributed by atoms with E-state index in [-0.39, 0.29) is 0 Å². The van der Waals surface area contributed by atoms with Crippen molar-refractivity contribution in [1.29, 1.82) is 5.26 Å². The van der Waals surface area contributed by atoms with Crippen LogP contribution < -0.4 is 0 Å². The second-order valence-corrected chi connectivity index (χ2v) is 14.4. The van der Waals surface area contributed by atoms with Crippen LogP contribution in [0.3, 0.4) is 0 Å². The molecule has 0 saturated carbocycles. The highest BCUT2D eigenvalue weighted by Crippen LogP contribution is 2.41. The molecule has 0 aliphatic carbocycles. The third kappa shape index (κ3) is 7.08. The van der Waals surface area contributed by atoms with Gasteiger partial charge in [0.2, 0.25) is 0 Å². The summed E-state index contributed by atoms with van der Waals surface area (Å²) in [5.41, 5.74) is 11.7. The van der Waals surface area contributed by atoms with Crippen molar-refractivity contribution in [3.8, 4) is 96.4 Å². The van der Waals surface area contributed by atoms with Crippen LogP contribution in [0.5, 0.6) is 0 Å². The van der Waals surface area contributed by atoms with Crippen molar-refractivity contribution >= 4 is 10.8 Å². The first-order chi connectivity index (χ1) is 29.7. The van der Waals surface area contributed by atoms with Gasteiger partial charge in [-0.15, -0.1) is 0 Å². The Balaban J connectivity index is 1.18. The van der Waals surface area contributed by atoms with Gasteiger partial charge >= 0.3 is 0 Å². The first-order valence-corrected chi connectivity index (χ1v) is 19.7. The summed E-state index contributed by atoms with van der Waals surface area (Å²) in [5, 5.41) is 12.0. The smallest absolute Gasteiger partial charge is 0.164 e. The first-order valence-electron chi connectivity index (χ1n) is 19.7. The summed E-state index contributed by atoms with van der Waals surface area (Å²) in [5.74, 6) is 2.38. The van der Waals surface area contributed by atoms with Crippen molar-refractivity contribution in [1.82, 2.24) is 24.9 Å². The third-order valence-electron chi connectivity index (χ3n) is 10.6. The molecule has 8 aromatic carbocycles. The van der Waals surface area contributed by atoms with Crippen LogP contribution in [-0.2, 0) is 0 Å². The highest BCUT2D eigenvalue weighted by atomic mass is 15.0. The number of nitriles is 1. The number of fused-ring (bicyclic) bond motifs is 1. The summed E-state index contributed by atoms with van der Waals surface area (Å²) in [6.45, 7) is 0. The van der Waals surface area contributed by atoms with Crippen LogP contribution in [0.4, 0.5) is 0 Å². The fourth-order valence-corrected chi connectivity index (χ4v) is 7.65. The molecule has 2 heterocycles. The molecule has 0 radical (unpaired) electrons. The van der Waals surface area contributed by atoms with Gasteiger partial charge in [-0.3, -0.25) is 0 Å². The Kier molecular flexibility index (Phi) is 9.51. The number of aromatic nitrogens is 5. The quantitative estimate of drug-likeness (QED) is 0.153. The predicted octanol–water partition coefficient (Wildman–Crippen LogP) is 13.0. The minimum atomic E-state index is 0.556. The lowest BCUT2D eigenvalue weighted by molar-refractivity contribution is 1.07. The van der Waals surface area contributed by atoms with Crippen molar-refractivity contribution in [2.24, 2.45) is 0 Å². The lowest BCUT2D eigenvalue weighted by atomic mass is 9.89. The summed E-state index contributed by atoms with van der Waals surface area (Å²) >= 11 is 0. The van der Waals surface area contributed by atoms with E-state index in [0.29, 0.717) is 28.9 Å². The molecule has 0 aliphatic heterocycles. The molecule has 0 unspecified atom stereocenters. The van der Waals surface area contributed by atoms with E-state index in [1.54, 1.807) is 0 Å². The van der Waals surface area contributed by atoms with Gasteiger partial charge in [0.25, 0.3) is 0 Å².